The van der Waals surface area contributed by atoms with Crippen LogP contribution in [-0.4, -0.2) is 60.2 Å². The van der Waals surface area contributed by atoms with Gasteiger partial charge in [-0.15, -0.1) is 0 Å². The lowest BCUT2D eigenvalue weighted by molar-refractivity contribution is -0.384. The van der Waals surface area contributed by atoms with E-state index in [0.717, 1.165) is 45.7 Å². The van der Waals surface area contributed by atoms with Gasteiger partial charge in [0, 0.05) is 43.0 Å². The highest BCUT2D eigenvalue weighted by Gasteiger charge is 2.38. The van der Waals surface area contributed by atoms with Crippen molar-refractivity contribution in [2.75, 3.05) is 38.2 Å². The second-order valence-corrected chi connectivity index (χ2v) is 7.78. The molecule has 1 aliphatic heterocycles. The molecule has 1 saturated carbocycles. The van der Waals surface area contributed by atoms with Crippen molar-refractivity contribution in [3.63, 3.8) is 0 Å². The molecule has 28 heavy (non-hydrogen) atoms. The van der Waals surface area contributed by atoms with Gasteiger partial charge in [0.15, 0.2) is 0 Å². The zero-order chi connectivity index (χ0) is 20.0. The van der Waals surface area contributed by atoms with E-state index in [0.29, 0.717) is 5.69 Å². The standard InChI is InChI=1S/C20H30N4O4/c1-16(19(25)22-17-5-7-18(8-6-17)24(26)27)21-15-20(9-3-2-4-10-20)23-11-13-28-14-12-23/h5-8,16,21H,2-4,9-15H2,1H3,(H,22,25)/t16-/m0/s1. The first-order chi connectivity index (χ1) is 13.5. The van der Waals surface area contributed by atoms with Crippen molar-refractivity contribution < 1.29 is 14.5 Å². The van der Waals surface area contributed by atoms with E-state index in [2.05, 4.69) is 15.5 Å². The molecule has 154 valence electrons. The van der Waals surface area contributed by atoms with Crippen LogP contribution in [0.25, 0.3) is 0 Å². The number of hydrogen-bond donors (Lipinski definition) is 2. The molecule has 1 aromatic carbocycles. The van der Waals surface area contributed by atoms with E-state index < -0.39 is 4.92 Å². The molecule has 0 aromatic heterocycles. The number of hydrogen-bond acceptors (Lipinski definition) is 6. The zero-order valence-corrected chi connectivity index (χ0v) is 16.5. The molecule has 2 N–H and O–H groups in total. The normalized spacial score (nSPS) is 21.0. The number of benzene rings is 1. The van der Waals surface area contributed by atoms with Gasteiger partial charge in [-0.25, -0.2) is 0 Å². The average Bonchev–Trinajstić information content (AvgIpc) is 2.73. The molecule has 2 aliphatic rings. The largest absolute Gasteiger partial charge is 0.379 e. The van der Waals surface area contributed by atoms with Gasteiger partial charge in [-0.1, -0.05) is 19.3 Å². The van der Waals surface area contributed by atoms with Crippen LogP contribution in [-0.2, 0) is 9.53 Å². The van der Waals surface area contributed by atoms with E-state index in [1.807, 2.05) is 6.92 Å². The van der Waals surface area contributed by atoms with Gasteiger partial charge < -0.3 is 15.4 Å². The average molecular weight is 390 g/mol. The number of nitro groups is 1. The quantitative estimate of drug-likeness (QED) is 0.549. The van der Waals surface area contributed by atoms with E-state index in [4.69, 9.17) is 4.74 Å². The Morgan fingerprint density at radius 3 is 2.46 bits per heavy atom. The molecule has 8 nitrogen and oxygen atoms in total. The highest BCUT2D eigenvalue weighted by Crippen LogP contribution is 2.34. The first-order valence-corrected chi connectivity index (χ1v) is 10.1. The van der Waals surface area contributed by atoms with Gasteiger partial charge >= 0.3 is 0 Å². The van der Waals surface area contributed by atoms with Crippen LogP contribution in [0, 0.1) is 10.1 Å². The molecule has 1 aliphatic carbocycles. The minimum absolute atomic E-state index is 0.00826. The summed E-state index contributed by atoms with van der Waals surface area (Å²) in [5, 5.41) is 17.0. The number of morpholine rings is 1. The molecule has 1 saturated heterocycles. The second kappa shape index (κ2) is 9.45. The molecule has 0 radical (unpaired) electrons. The predicted molar refractivity (Wildman–Crippen MR) is 107 cm³/mol. The summed E-state index contributed by atoms with van der Waals surface area (Å²) in [6, 6.07) is 5.54. The summed E-state index contributed by atoms with van der Waals surface area (Å²) >= 11 is 0. The summed E-state index contributed by atoms with van der Waals surface area (Å²) in [5.41, 5.74) is 0.669. The Balaban J connectivity index is 1.56. The van der Waals surface area contributed by atoms with E-state index in [9.17, 15) is 14.9 Å². The van der Waals surface area contributed by atoms with Crippen molar-refractivity contribution in [1.82, 2.24) is 10.2 Å². The van der Waals surface area contributed by atoms with Crippen LogP contribution in [0.2, 0.25) is 0 Å². The van der Waals surface area contributed by atoms with Gasteiger partial charge in [0.2, 0.25) is 5.91 Å². The molecule has 0 bridgehead atoms. The first-order valence-electron chi connectivity index (χ1n) is 10.1. The Morgan fingerprint density at radius 2 is 1.86 bits per heavy atom. The number of rotatable bonds is 7. The summed E-state index contributed by atoms with van der Waals surface area (Å²) in [6.45, 7) is 6.09. The fraction of sp³-hybridized carbons (Fsp3) is 0.650. The van der Waals surface area contributed by atoms with Gasteiger partial charge in [-0.2, -0.15) is 0 Å². The lowest BCUT2D eigenvalue weighted by atomic mass is 9.79. The SMILES string of the molecule is C[C@H](NCC1(N2CCOCC2)CCCCC1)C(=O)Nc1ccc([N+](=O)[O-])cc1. The van der Waals surface area contributed by atoms with Crippen LogP contribution < -0.4 is 10.6 Å². The minimum Gasteiger partial charge on any atom is -0.379 e. The maximum atomic E-state index is 12.5. The molecule has 0 unspecified atom stereocenters. The van der Waals surface area contributed by atoms with Crippen LogP contribution in [0.5, 0.6) is 0 Å². The number of nitrogens with zero attached hydrogens (tertiary/aromatic N) is 2. The van der Waals surface area contributed by atoms with E-state index in [-0.39, 0.29) is 23.2 Å². The number of non-ortho nitro benzene ring substituents is 1. The van der Waals surface area contributed by atoms with Gasteiger partial charge in [-0.05, 0) is 31.9 Å². The Bertz CT molecular complexity index is 667. The molecule has 0 spiro atoms. The van der Waals surface area contributed by atoms with Gasteiger partial charge in [-0.3, -0.25) is 19.8 Å². The molecule has 1 amide bonds. The molecular formula is C20H30N4O4. The second-order valence-electron chi connectivity index (χ2n) is 7.78. The monoisotopic (exact) mass is 390 g/mol. The topological polar surface area (TPSA) is 96.7 Å². The molecular weight excluding hydrogens is 360 g/mol. The third kappa shape index (κ3) is 5.06. The highest BCUT2D eigenvalue weighted by atomic mass is 16.6. The number of nitrogens with one attached hydrogen (secondary N) is 2. The smallest absolute Gasteiger partial charge is 0.269 e. The summed E-state index contributed by atoms with van der Waals surface area (Å²) in [5.74, 6) is -0.137. The van der Waals surface area contributed by atoms with Crippen molar-refractivity contribution in [3.05, 3.63) is 34.4 Å². The minimum atomic E-state index is -0.453. The fourth-order valence-electron chi connectivity index (χ4n) is 4.21. The molecule has 1 aromatic rings. The van der Waals surface area contributed by atoms with Crippen molar-refractivity contribution in [2.45, 2.75) is 50.6 Å². The number of carbonyl (C=O) groups excluding carboxylic acids is 1. The Morgan fingerprint density at radius 1 is 1.21 bits per heavy atom. The summed E-state index contributed by atoms with van der Waals surface area (Å²) in [4.78, 5) is 25.4. The Kier molecular flexibility index (Phi) is 6.98. The van der Waals surface area contributed by atoms with Crippen molar-refractivity contribution in [2.24, 2.45) is 0 Å². The van der Waals surface area contributed by atoms with Gasteiger partial charge in [0.25, 0.3) is 5.69 Å². The van der Waals surface area contributed by atoms with Crippen LogP contribution in [0.3, 0.4) is 0 Å². The fourth-order valence-corrected chi connectivity index (χ4v) is 4.21. The maximum absolute atomic E-state index is 12.5. The Hall–Kier alpha value is -2.03. The maximum Gasteiger partial charge on any atom is 0.269 e. The predicted octanol–water partition coefficient (Wildman–Crippen LogP) is 2.55. The first kappa shape index (κ1) is 20.7. The van der Waals surface area contributed by atoms with Crippen molar-refractivity contribution in [3.8, 4) is 0 Å². The van der Waals surface area contributed by atoms with E-state index in [1.165, 1.54) is 31.4 Å². The number of anilines is 1. The van der Waals surface area contributed by atoms with Gasteiger partial charge in [0.1, 0.15) is 0 Å². The van der Waals surface area contributed by atoms with E-state index in [1.54, 1.807) is 12.1 Å². The third-order valence-electron chi connectivity index (χ3n) is 5.94. The van der Waals surface area contributed by atoms with Crippen molar-refractivity contribution >= 4 is 17.3 Å². The summed E-state index contributed by atoms with van der Waals surface area (Å²) < 4.78 is 5.52. The molecule has 3 rings (SSSR count). The zero-order valence-electron chi connectivity index (χ0n) is 16.5. The molecule has 2 fully saturated rings. The molecule has 1 atom stereocenters. The Labute approximate surface area is 165 Å². The number of amides is 1. The third-order valence-corrected chi connectivity index (χ3v) is 5.94. The summed E-state index contributed by atoms with van der Waals surface area (Å²) in [7, 11) is 0. The van der Waals surface area contributed by atoms with Crippen LogP contribution >= 0.6 is 0 Å². The number of carbonyl (C=O) groups is 1. The lowest BCUT2D eigenvalue weighted by Gasteiger charge is -2.48. The highest BCUT2D eigenvalue weighted by molar-refractivity contribution is 5.94. The number of nitro benzene ring substituents is 1. The van der Waals surface area contributed by atoms with Crippen molar-refractivity contribution in [1.29, 1.82) is 0 Å². The number of ether oxygens (including phenoxy) is 1. The molecule has 8 heteroatoms. The summed E-state index contributed by atoms with van der Waals surface area (Å²) in [6.07, 6.45) is 6.03. The lowest BCUT2D eigenvalue weighted by Crippen LogP contribution is -2.60. The van der Waals surface area contributed by atoms with Crippen LogP contribution in [0.15, 0.2) is 24.3 Å². The molecule has 1 heterocycles. The van der Waals surface area contributed by atoms with Crippen LogP contribution in [0.4, 0.5) is 11.4 Å². The van der Waals surface area contributed by atoms with Gasteiger partial charge in [0.05, 0.1) is 24.2 Å². The van der Waals surface area contributed by atoms with E-state index >= 15 is 0 Å². The van der Waals surface area contributed by atoms with Crippen LogP contribution in [0.1, 0.15) is 39.0 Å².